The Kier molecular flexibility index (Phi) is 2.50. The van der Waals surface area contributed by atoms with Crippen LogP contribution in [-0.2, 0) is 0 Å². The van der Waals surface area contributed by atoms with Crippen LogP contribution < -0.4 is 5.32 Å². The molecule has 0 radical (unpaired) electrons. The molecule has 76 valence electrons. The van der Waals surface area contributed by atoms with Gasteiger partial charge in [-0.25, -0.2) is 4.39 Å². The Hall–Kier alpha value is -0.960. The first-order chi connectivity index (χ1) is 6.72. The lowest BCUT2D eigenvalue weighted by Crippen LogP contribution is -2.15. The van der Waals surface area contributed by atoms with Gasteiger partial charge in [0.1, 0.15) is 5.82 Å². The molecule has 0 bridgehead atoms. The first kappa shape index (κ1) is 9.59. The Labute approximate surface area is 83.6 Å². The number of nitrogens with one attached hydrogen (secondary N) is 1. The number of pyridine rings is 1. The highest BCUT2D eigenvalue weighted by atomic mass is 19.1. The predicted molar refractivity (Wildman–Crippen MR) is 53.6 cm³/mol. The molecule has 1 aromatic heterocycles. The molecule has 3 heteroatoms. The normalized spacial score (nSPS) is 18.2. The summed E-state index contributed by atoms with van der Waals surface area (Å²) in [5.41, 5.74) is 1.56. The maximum Gasteiger partial charge on any atom is 0.146 e. The van der Waals surface area contributed by atoms with E-state index in [1.807, 2.05) is 13.1 Å². The molecule has 1 saturated carbocycles. The number of aromatic nitrogens is 1. The SMILES string of the molecule is CNC(C)c1ncc(C2CC2)cc1F. The second kappa shape index (κ2) is 3.65. The highest BCUT2D eigenvalue weighted by Crippen LogP contribution is 2.40. The maximum atomic E-state index is 13.6. The van der Waals surface area contributed by atoms with Crippen LogP contribution >= 0.6 is 0 Å². The first-order valence-electron chi connectivity index (χ1n) is 5.05. The van der Waals surface area contributed by atoms with Gasteiger partial charge >= 0.3 is 0 Å². The zero-order valence-corrected chi connectivity index (χ0v) is 8.55. The van der Waals surface area contributed by atoms with E-state index in [2.05, 4.69) is 10.3 Å². The quantitative estimate of drug-likeness (QED) is 0.799. The van der Waals surface area contributed by atoms with Crippen LogP contribution in [-0.4, -0.2) is 12.0 Å². The van der Waals surface area contributed by atoms with E-state index in [0.717, 1.165) is 5.56 Å². The number of hydrogen-bond donors (Lipinski definition) is 1. The second-order valence-electron chi connectivity index (χ2n) is 3.92. The minimum Gasteiger partial charge on any atom is -0.312 e. The monoisotopic (exact) mass is 194 g/mol. The summed E-state index contributed by atoms with van der Waals surface area (Å²) in [6.45, 7) is 1.90. The highest BCUT2D eigenvalue weighted by Gasteiger charge is 2.25. The lowest BCUT2D eigenvalue weighted by molar-refractivity contribution is 0.542. The summed E-state index contributed by atoms with van der Waals surface area (Å²) in [6, 6.07) is 1.61. The van der Waals surface area contributed by atoms with Crippen LogP contribution in [0.5, 0.6) is 0 Å². The van der Waals surface area contributed by atoms with Gasteiger partial charge in [0, 0.05) is 12.2 Å². The van der Waals surface area contributed by atoms with E-state index in [1.165, 1.54) is 12.8 Å². The third kappa shape index (κ3) is 1.77. The van der Waals surface area contributed by atoms with Gasteiger partial charge in [-0.2, -0.15) is 0 Å². The molecular weight excluding hydrogens is 179 g/mol. The largest absolute Gasteiger partial charge is 0.312 e. The van der Waals surface area contributed by atoms with E-state index < -0.39 is 0 Å². The Balaban J connectivity index is 2.26. The summed E-state index contributed by atoms with van der Waals surface area (Å²) in [5.74, 6) is 0.382. The first-order valence-corrected chi connectivity index (χ1v) is 5.05. The molecule has 1 heterocycles. The van der Waals surface area contributed by atoms with E-state index in [9.17, 15) is 4.39 Å². The fourth-order valence-electron chi connectivity index (χ4n) is 1.56. The maximum absolute atomic E-state index is 13.6. The van der Waals surface area contributed by atoms with Gasteiger partial charge < -0.3 is 5.32 Å². The van der Waals surface area contributed by atoms with Crippen LogP contribution in [0.15, 0.2) is 12.3 Å². The van der Waals surface area contributed by atoms with E-state index in [1.54, 1.807) is 13.1 Å². The summed E-state index contributed by atoms with van der Waals surface area (Å²) in [6.07, 6.45) is 4.17. The zero-order chi connectivity index (χ0) is 10.1. The van der Waals surface area contributed by atoms with Gasteiger partial charge in [0.2, 0.25) is 0 Å². The molecule has 1 aliphatic carbocycles. The molecule has 1 fully saturated rings. The summed E-state index contributed by atoms with van der Waals surface area (Å²) < 4.78 is 13.6. The van der Waals surface area contributed by atoms with Crippen molar-refractivity contribution in [3.63, 3.8) is 0 Å². The van der Waals surface area contributed by atoms with Gasteiger partial charge in [-0.15, -0.1) is 0 Å². The summed E-state index contributed by atoms with van der Waals surface area (Å²) in [4.78, 5) is 4.17. The summed E-state index contributed by atoms with van der Waals surface area (Å²) in [7, 11) is 1.81. The zero-order valence-electron chi connectivity index (χ0n) is 8.55. The van der Waals surface area contributed by atoms with Gasteiger partial charge in [0.15, 0.2) is 0 Å². The number of hydrogen-bond acceptors (Lipinski definition) is 2. The van der Waals surface area contributed by atoms with Crippen LogP contribution in [0.3, 0.4) is 0 Å². The molecule has 1 atom stereocenters. The predicted octanol–water partition coefficient (Wildman–Crippen LogP) is 2.38. The molecule has 1 aliphatic rings. The topological polar surface area (TPSA) is 24.9 Å². The Morgan fingerprint density at radius 1 is 1.57 bits per heavy atom. The minimum absolute atomic E-state index is 0.0248. The van der Waals surface area contributed by atoms with E-state index in [-0.39, 0.29) is 11.9 Å². The number of nitrogens with zero attached hydrogens (tertiary/aromatic N) is 1. The molecule has 1 N–H and O–H groups in total. The van der Waals surface area contributed by atoms with E-state index in [4.69, 9.17) is 0 Å². The molecule has 0 aliphatic heterocycles. The van der Waals surface area contributed by atoms with Crippen LogP contribution in [0.1, 0.15) is 43.0 Å². The Bertz CT molecular complexity index is 334. The molecule has 0 aromatic carbocycles. The third-order valence-electron chi connectivity index (χ3n) is 2.78. The Morgan fingerprint density at radius 3 is 2.79 bits per heavy atom. The van der Waals surface area contributed by atoms with Crippen molar-refractivity contribution in [1.29, 1.82) is 0 Å². The molecule has 0 spiro atoms. The highest BCUT2D eigenvalue weighted by molar-refractivity contribution is 5.24. The molecule has 2 nitrogen and oxygen atoms in total. The van der Waals surface area contributed by atoms with Crippen molar-refractivity contribution >= 4 is 0 Å². The van der Waals surface area contributed by atoms with Crippen molar-refractivity contribution in [1.82, 2.24) is 10.3 Å². The van der Waals surface area contributed by atoms with Gasteiger partial charge in [-0.1, -0.05) is 0 Å². The van der Waals surface area contributed by atoms with Gasteiger partial charge in [0.05, 0.1) is 5.69 Å². The molecule has 2 rings (SSSR count). The van der Waals surface area contributed by atoms with Crippen molar-refractivity contribution < 1.29 is 4.39 Å². The lowest BCUT2D eigenvalue weighted by atomic mass is 10.1. The average Bonchev–Trinajstić information content (AvgIpc) is 3.00. The van der Waals surface area contributed by atoms with Crippen LogP contribution in [0, 0.1) is 5.82 Å². The standard InChI is InChI=1S/C11H15FN2/c1-7(13-2)11-10(12)5-9(6-14-11)8-3-4-8/h5-8,13H,3-4H2,1-2H3. The van der Waals surface area contributed by atoms with Gasteiger partial charge in [-0.3, -0.25) is 4.98 Å². The van der Waals surface area contributed by atoms with Gasteiger partial charge in [-0.05, 0) is 44.4 Å². The average molecular weight is 194 g/mol. The van der Waals surface area contributed by atoms with E-state index >= 15 is 0 Å². The fourth-order valence-corrected chi connectivity index (χ4v) is 1.56. The van der Waals surface area contributed by atoms with E-state index in [0.29, 0.717) is 11.6 Å². The second-order valence-corrected chi connectivity index (χ2v) is 3.92. The van der Waals surface area contributed by atoms with Crippen molar-refractivity contribution in [3.8, 4) is 0 Å². The van der Waals surface area contributed by atoms with Crippen LogP contribution in [0.2, 0.25) is 0 Å². The molecule has 1 aromatic rings. The third-order valence-corrected chi connectivity index (χ3v) is 2.78. The molecule has 0 saturated heterocycles. The summed E-state index contributed by atoms with van der Waals surface area (Å²) >= 11 is 0. The van der Waals surface area contributed by atoms with Crippen LogP contribution in [0.4, 0.5) is 4.39 Å². The lowest BCUT2D eigenvalue weighted by Gasteiger charge is -2.11. The smallest absolute Gasteiger partial charge is 0.146 e. The molecular formula is C11H15FN2. The molecule has 14 heavy (non-hydrogen) atoms. The molecule has 0 amide bonds. The van der Waals surface area contributed by atoms with Gasteiger partial charge in [0.25, 0.3) is 0 Å². The minimum atomic E-state index is -0.184. The van der Waals surface area contributed by atoms with Crippen molar-refractivity contribution in [2.24, 2.45) is 0 Å². The van der Waals surface area contributed by atoms with Crippen LogP contribution in [0.25, 0.3) is 0 Å². The fraction of sp³-hybridized carbons (Fsp3) is 0.545. The van der Waals surface area contributed by atoms with Crippen molar-refractivity contribution in [2.75, 3.05) is 7.05 Å². The number of rotatable bonds is 3. The Morgan fingerprint density at radius 2 is 2.29 bits per heavy atom. The molecule has 1 unspecified atom stereocenters. The van der Waals surface area contributed by atoms with Crippen molar-refractivity contribution in [3.05, 3.63) is 29.3 Å². The summed E-state index contributed by atoms with van der Waals surface area (Å²) in [5, 5.41) is 2.98. The number of halogens is 1. The van der Waals surface area contributed by atoms with Crippen molar-refractivity contribution in [2.45, 2.75) is 31.7 Å².